The van der Waals surface area contributed by atoms with Gasteiger partial charge in [0.05, 0.1) is 13.0 Å². The van der Waals surface area contributed by atoms with Gasteiger partial charge in [0.25, 0.3) is 0 Å². The molecule has 4 rings (SSSR count). The lowest BCUT2D eigenvalue weighted by Gasteiger charge is -2.37. The Hall–Kier alpha value is -2.03. The van der Waals surface area contributed by atoms with Gasteiger partial charge in [0, 0.05) is 5.69 Å². The zero-order valence-corrected chi connectivity index (χ0v) is 22.0. The van der Waals surface area contributed by atoms with Crippen molar-refractivity contribution in [2.45, 2.75) is 82.3 Å². The van der Waals surface area contributed by atoms with Crippen LogP contribution in [0.1, 0.15) is 55.9 Å². The maximum atomic E-state index is 15.6. The number of carbonyl (C=O) groups excluding carboxylic acids is 1. The van der Waals surface area contributed by atoms with Crippen LogP contribution in [0.5, 0.6) is 0 Å². The Morgan fingerprint density at radius 3 is 2.21 bits per heavy atom. The van der Waals surface area contributed by atoms with E-state index in [-0.39, 0.29) is 9.93 Å². The van der Waals surface area contributed by atoms with Gasteiger partial charge in [-0.3, -0.25) is 0 Å². The Morgan fingerprint density at radius 1 is 1.09 bits per heavy atom. The summed E-state index contributed by atoms with van der Waals surface area (Å²) < 4.78 is 32.7. The monoisotopic (exact) mass is 487 g/mol. The van der Waals surface area contributed by atoms with Gasteiger partial charge in [0.2, 0.25) is 0 Å². The highest BCUT2D eigenvalue weighted by Crippen LogP contribution is 2.39. The average molecular weight is 488 g/mol. The topological polar surface area (TPSA) is 84.6 Å². The third-order valence-electron chi connectivity index (χ3n) is 7.75. The maximum absolute atomic E-state index is 15.6. The van der Waals surface area contributed by atoms with Gasteiger partial charge in [-0.05, 0) is 77.1 Å². The first-order valence-electron chi connectivity index (χ1n) is 11.6. The van der Waals surface area contributed by atoms with Crippen molar-refractivity contribution in [3.63, 3.8) is 0 Å². The summed E-state index contributed by atoms with van der Waals surface area (Å²) in [5, 5.41) is 9.32. The van der Waals surface area contributed by atoms with Crippen molar-refractivity contribution in [3.05, 3.63) is 52.3 Å². The van der Waals surface area contributed by atoms with Gasteiger partial charge in [-0.15, -0.1) is 4.36 Å². The summed E-state index contributed by atoms with van der Waals surface area (Å²) in [7, 11) is -6.02. The molecule has 8 heteroatoms. The largest absolute Gasteiger partial charge is 0.354 e. The summed E-state index contributed by atoms with van der Waals surface area (Å²) in [6.45, 7) is 10.4. The van der Waals surface area contributed by atoms with Crippen molar-refractivity contribution >= 4 is 34.9 Å². The number of benzene rings is 2. The van der Waals surface area contributed by atoms with Gasteiger partial charge in [-0.1, -0.05) is 52.1 Å². The number of urea groups is 1. The molecule has 0 aliphatic heterocycles. The Morgan fingerprint density at radius 2 is 1.67 bits per heavy atom. The SMILES string of the molecule is CC(C)(C)[Si](C)(C)c1cccc(S(N)(=O)=NC(=O)Nc2c3c(cc4c2CCC4)CCC3)c1F. The lowest BCUT2D eigenvalue weighted by atomic mass is 9.99. The predicted molar refractivity (Wildman–Crippen MR) is 136 cm³/mol. The van der Waals surface area contributed by atoms with Crippen LogP contribution in [0, 0.1) is 5.82 Å². The number of nitrogens with one attached hydrogen (secondary N) is 1. The minimum Gasteiger partial charge on any atom is -0.305 e. The number of carbonyl (C=O) groups is 1. The van der Waals surface area contributed by atoms with Crippen molar-refractivity contribution in [2.24, 2.45) is 9.50 Å². The molecule has 2 amide bonds. The molecule has 0 saturated carbocycles. The fourth-order valence-electron chi connectivity index (χ4n) is 4.89. The van der Waals surface area contributed by atoms with E-state index in [4.69, 9.17) is 5.14 Å². The Labute approximate surface area is 197 Å². The van der Waals surface area contributed by atoms with Crippen LogP contribution >= 0.6 is 0 Å². The summed E-state index contributed by atoms with van der Waals surface area (Å²) in [5.41, 5.74) is 5.64. The molecule has 178 valence electrons. The molecule has 0 saturated heterocycles. The number of rotatable bonds is 3. The molecule has 3 N–H and O–H groups in total. The molecule has 33 heavy (non-hydrogen) atoms. The molecular formula is C25H34FN3O2SSi. The van der Waals surface area contributed by atoms with Gasteiger partial charge < -0.3 is 5.32 Å². The summed E-state index contributed by atoms with van der Waals surface area (Å²) in [6.07, 6.45) is 5.91. The summed E-state index contributed by atoms with van der Waals surface area (Å²) >= 11 is 0. The molecule has 1 unspecified atom stereocenters. The molecule has 0 bridgehead atoms. The van der Waals surface area contributed by atoms with Crippen LogP contribution in [-0.4, -0.2) is 18.3 Å². The molecule has 2 aliphatic carbocycles. The van der Waals surface area contributed by atoms with Gasteiger partial charge in [0.1, 0.15) is 15.7 Å². The highest BCUT2D eigenvalue weighted by molar-refractivity contribution is 7.91. The van der Waals surface area contributed by atoms with E-state index in [0.717, 1.165) is 55.3 Å². The van der Waals surface area contributed by atoms with E-state index in [1.165, 1.54) is 17.2 Å². The van der Waals surface area contributed by atoms with Crippen LogP contribution in [0.25, 0.3) is 0 Å². The van der Waals surface area contributed by atoms with Crippen molar-refractivity contribution in [1.29, 1.82) is 0 Å². The quantitative estimate of drug-likeness (QED) is 0.564. The number of amides is 2. The Balaban J connectivity index is 1.71. The van der Waals surface area contributed by atoms with Crippen molar-refractivity contribution in [2.75, 3.05) is 5.32 Å². The lowest BCUT2D eigenvalue weighted by molar-refractivity contribution is 0.260. The van der Waals surface area contributed by atoms with E-state index in [2.05, 4.69) is 49.6 Å². The van der Waals surface area contributed by atoms with E-state index in [9.17, 15) is 9.00 Å². The minimum atomic E-state index is -3.76. The van der Waals surface area contributed by atoms with Gasteiger partial charge in [-0.2, -0.15) is 0 Å². The molecule has 0 fully saturated rings. The van der Waals surface area contributed by atoms with E-state index < -0.39 is 29.8 Å². The fraction of sp³-hybridized carbons (Fsp3) is 0.480. The lowest BCUT2D eigenvalue weighted by Crippen LogP contribution is -2.51. The predicted octanol–water partition coefficient (Wildman–Crippen LogP) is 5.45. The molecule has 5 nitrogen and oxygen atoms in total. The molecular weight excluding hydrogens is 453 g/mol. The van der Waals surface area contributed by atoms with Gasteiger partial charge in [-0.25, -0.2) is 18.5 Å². The van der Waals surface area contributed by atoms with Crippen LogP contribution in [0.15, 0.2) is 33.5 Å². The summed E-state index contributed by atoms with van der Waals surface area (Å²) in [4.78, 5) is 12.7. The first kappa shape index (κ1) is 24.1. The maximum Gasteiger partial charge on any atom is 0.354 e. The molecule has 0 heterocycles. The second-order valence-corrected chi connectivity index (χ2v) is 17.9. The van der Waals surface area contributed by atoms with Crippen molar-refractivity contribution in [3.8, 4) is 0 Å². The minimum absolute atomic E-state index is 0.121. The number of nitrogens with two attached hydrogens (primary N) is 1. The molecule has 2 aromatic rings. The molecule has 0 radical (unpaired) electrons. The van der Waals surface area contributed by atoms with Crippen molar-refractivity contribution < 1.29 is 13.4 Å². The fourth-order valence-corrected chi connectivity index (χ4v) is 8.02. The first-order valence-corrected chi connectivity index (χ1v) is 16.2. The van der Waals surface area contributed by atoms with Crippen LogP contribution < -0.4 is 15.6 Å². The van der Waals surface area contributed by atoms with E-state index in [1.807, 2.05) is 0 Å². The number of anilines is 1. The zero-order chi connectivity index (χ0) is 24.2. The number of aryl methyl sites for hydroxylation is 2. The van der Waals surface area contributed by atoms with Crippen LogP contribution in [-0.2, 0) is 35.6 Å². The molecule has 2 aromatic carbocycles. The average Bonchev–Trinajstić information content (AvgIpc) is 3.35. The van der Waals surface area contributed by atoms with Crippen molar-refractivity contribution in [1.82, 2.24) is 0 Å². The first-order chi connectivity index (χ1) is 15.3. The summed E-state index contributed by atoms with van der Waals surface area (Å²) in [6, 6.07) is 6.26. The van der Waals surface area contributed by atoms with E-state index in [1.54, 1.807) is 12.1 Å². The smallest absolute Gasteiger partial charge is 0.305 e. The van der Waals surface area contributed by atoms with E-state index in [0.29, 0.717) is 5.19 Å². The number of hydrogen-bond acceptors (Lipinski definition) is 2. The highest BCUT2D eigenvalue weighted by atomic mass is 32.2. The molecule has 1 atom stereocenters. The second-order valence-electron chi connectivity index (χ2n) is 10.8. The van der Waals surface area contributed by atoms with Crippen LogP contribution in [0.4, 0.5) is 14.9 Å². The van der Waals surface area contributed by atoms with Gasteiger partial charge >= 0.3 is 6.03 Å². The zero-order valence-electron chi connectivity index (χ0n) is 20.2. The highest BCUT2D eigenvalue weighted by Gasteiger charge is 2.39. The molecule has 0 aromatic heterocycles. The van der Waals surface area contributed by atoms with Gasteiger partial charge in [0.15, 0.2) is 0 Å². The third-order valence-corrected chi connectivity index (χ3v) is 14.6. The number of fused-ring (bicyclic) bond motifs is 2. The third kappa shape index (κ3) is 4.28. The van der Waals surface area contributed by atoms with Crippen LogP contribution in [0.2, 0.25) is 18.1 Å². The number of halogens is 1. The van der Waals surface area contributed by atoms with Crippen LogP contribution in [0.3, 0.4) is 0 Å². The standard InChI is InChI=1S/C25H34FN3O2SSi/c1-25(2,3)33(4,5)21-14-8-13-20(22(21)26)32(27,31)29-24(30)28-23-18-11-6-9-16(18)15-17-10-7-12-19(17)23/h8,13-15H,6-7,9-12H2,1-5H3,(H3,27,28,29,30,31). The number of nitrogens with zero attached hydrogens (tertiary/aromatic N) is 1. The Kier molecular flexibility index (Phi) is 6.08. The summed E-state index contributed by atoms with van der Waals surface area (Å²) in [5.74, 6) is -0.602. The second kappa shape index (κ2) is 8.32. The normalized spacial score (nSPS) is 17.3. The number of hydrogen-bond donors (Lipinski definition) is 2. The molecule has 2 aliphatic rings. The van der Waals surface area contributed by atoms with E-state index >= 15 is 4.39 Å². The Bertz CT molecular complexity index is 1230. The molecule has 0 spiro atoms.